The van der Waals surface area contributed by atoms with Gasteiger partial charge < -0.3 is 15.4 Å². The van der Waals surface area contributed by atoms with Crippen LogP contribution in [-0.4, -0.2) is 38.0 Å². The number of carbonyl (C=O) groups is 1. The van der Waals surface area contributed by atoms with Gasteiger partial charge in [0.2, 0.25) is 0 Å². The van der Waals surface area contributed by atoms with E-state index < -0.39 is 0 Å². The molecule has 2 rings (SSSR count). The highest BCUT2D eigenvalue weighted by Gasteiger charge is 2.09. The molecule has 1 atom stereocenters. The van der Waals surface area contributed by atoms with Gasteiger partial charge in [0.05, 0.1) is 6.61 Å². The first-order valence-corrected chi connectivity index (χ1v) is 10.1. The number of allylic oxidation sites excluding steroid dienone is 1. The molecule has 0 saturated heterocycles. The van der Waals surface area contributed by atoms with E-state index in [1.165, 1.54) is 5.56 Å². The Bertz CT molecular complexity index is 836. The first-order valence-electron chi connectivity index (χ1n) is 10.1. The van der Waals surface area contributed by atoms with Crippen LogP contribution in [0.2, 0.25) is 0 Å². The summed E-state index contributed by atoms with van der Waals surface area (Å²) in [7, 11) is 1.91. The van der Waals surface area contributed by atoms with E-state index in [1.807, 2.05) is 61.4 Å². The first kappa shape index (κ1) is 23.0. The number of benzene rings is 2. The summed E-state index contributed by atoms with van der Waals surface area (Å²) in [6.07, 6.45) is 2.37. The van der Waals surface area contributed by atoms with E-state index in [2.05, 4.69) is 41.7 Å². The Labute approximate surface area is 179 Å². The molecule has 0 spiro atoms. The van der Waals surface area contributed by atoms with Crippen LogP contribution in [0.4, 0.5) is 5.69 Å². The zero-order valence-electron chi connectivity index (χ0n) is 18.0. The summed E-state index contributed by atoms with van der Waals surface area (Å²) in [5, 5.41) is 8.45. The van der Waals surface area contributed by atoms with Gasteiger partial charge in [0, 0.05) is 37.9 Å². The molecule has 30 heavy (non-hydrogen) atoms. The van der Waals surface area contributed by atoms with Crippen molar-refractivity contribution in [2.45, 2.75) is 19.9 Å². The van der Waals surface area contributed by atoms with Crippen molar-refractivity contribution < 1.29 is 9.53 Å². The number of hydrazine groups is 1. The van der Waals surface area contributed by atoms with Crippen molar-refractivity contribution in [3.63, 3.8) is 0 Å². The molecule has 0 fully saturated rings. The molecule has 0 amide bonds. The summed E-state index contributed by atoms with van der Waals surface area (Å²) in [6.45, 7) is 9.79. The molecule has 160 valence electrons. The molecule has 0 aliphatic rings. The van der Waals surface area contributed by atoms with Crippen LogP contribution < -0.4 is 20.8 Å². The number of rotatable bonds is 13. The van der Waals surface area contributed by atoms with Gasteiger partial charge in [-0.1, -0.05) is 43.0 Å². The lowest BCUT2D eigenvalue weighted by molar-refractivity contribution is -0.104. The van der Waals surface area contributed by atoms with E-state index in [1.54, 1.807) is 6.08 Å². The third-order valence-corrected chi connectivity index (χ3v) is 4.58. The van der Waals surface area contributed by atoms with Crippen molar-refractivity contribution in [2.24, 2.45) is 0 Å². The van der Waals surface area contributed by atoms with Gasteiger partial charge in [-0.3, -0.25) is 9.80 Å². The molecule has 3 N–H and O–H groups in total. The molecule has 0 aromatic heterocycles. The summed E-state index contributed by atoms with van der Waals surface area (Å²) in [5.74, 6) is 1.53. The summed E-state index contributed by atoms with van der Waals surface area (Å²) >= 11 is 0. The molecule has 0 aliphatic heterocycles. The molecule has 0 saturated carbocycles. The normalized spacial score (nSPS) is 12.0. The Morgan fingerprint density at radius 1 is 1.17 bits per heavy atom. The number of carbonyl (C=O) groups excluding carboxylic acids is 1. The van der Waals surface area contributed by atoms with Gasteiger partial charge in [0.25, 0.3) is 0 Å². The van der Waals surface area contributed by atoms with Crippen molar-refractivity contribution in [1.82, 2.24) is 15.8 Å². The smallest absolute Gasteiger partial charge is 0.142 e. The number of aldehydes is 1. The van der Waals surface area contributed by atoms with E-state index in [-0.39, 0.29) is 6.04 Å². The summed E-state index contributed by atoms with van der Waals surface area (Å²) in [5.41, 5.74) is 6.42. The molecule has 2 aromatic rings. The fourth-order valence-corrected chi connectivity index (χ4v) is 2.87. The molecule has 0 aliphatic carbocycles. The minimum absolute atomic E-state index is 0.138. The number of hydrogen-bond donors (Lipinski definition) is 3. The van der Waals surface area contributed by atoms with Gasteiger partial charge in [-0.05, 0) is 43.2 Å². The lowest BCUT2D eigenvalue weighted by atomic mass is 10.1. The Kier molecular flexibility index (Phi) is 9.48. The zero-order valence-corrected chi connectivity index (χ0v) is 18.0. The number of ether oxygens (including phenoxy) is 1. The van der Waals surface area contributed by atoms with Gasteiger partial charge in [-0.25, -0.2) is 5.43 Å². The predicted octanol–water partition coefficient (Wildman–Crippen LogP) is 3.88. The Morgan fingerprint density at radius 3 is 2.63 bits per heavy atom. The summed E-state index contributed by atoms with van der Waals surface area (Å²) in [6, 6.07) is 18.1. The lowest BCUT2D eigenvalue weighted by Gasteiger charge is -2.28. The second-order valence-corrected chi connectivity index (χ2v) is 6.90. The molecule has 0 radical (unpaired) electrons. The Balaban J connectivity index is 1.84. The number of nitrogens with one attached hydrogen (secondary N) is 3. The molecule has 2 aromatic carbocycles. The largest absolute Gasteiger partial charge is 0.494 e. The fraction of sp³-hybridized carbons (Fsp3) is 0.292. The van der Waals surface area contributed by atoms with Crippen LogP contribution in [0, 0.1) is 0 Å². The maximum Gasteiger partial charge on any atom is 0.142 e. The number of anilines is 1. The average molecular weight is 409 g/mol. The monoisotopic (exact) mass is 408 g/mol. The topological polar surface area (TPSA) is 65.6 Å². The van der Waals surface area contributed by atoms with Crippen LogP contribution in [0.5, 0.6) is 5.75 Å². The fourth-order valence-electron chi connectivity index (χ4n) is 2.87. The van der Waals surface area contributed by atoms with Crippen LogP contribution in [0.1, 0.15) is 25.5 Å². The van der Waals surface area contributed by atoms with Gasteiger partial charge in [0.1, 0.15) is 17.9 Å². The highest BCUT2D eigenvalue weighted by Crippen LogP contribution is 2.17. The second-order valence-electron chi connectivity index (χ2n) is 6.90. The number of hydrogen-bond acceptors (Lipinski definition) is 6. The molecule has 6 nitrogen and oxygen atoms in total. The summed E-state index contributed by atoms with van der Waals surface area (Å²) < 4.78 is 5.52. The van der Waals surface area contributed by atoms with Crippen LogP contribution in [0.25, 0.3) is 0 Å². The van der Waals surface area contributed by atoms with Gasteiger partial charge >= 0.3 is 0 Å². The van der Waals surface area contributed by atoms with E-state index in [9.17, 15) is 4.79 Å². The van der Waals surface area contributed by atoms with Gasteiger partial charge in [-0.2, -0.15) is 0 Å². The Hall–Kier alpha value is -3.25. The highest BCUT2D eigenvalue weighted by atomic mass is 16.5. The van der Waals surface area contributed by atoms with Crippen molar-refractivity contribution in [1.29, 1.82) is 0 Å². The third-order valence-electron chi connectivity index (χ3n) is 4.58. The van der Waals surface area contributed by atoms with Crippen LogP contribution >= 0.6 is 0 Å². The SMILES string of the molecule is C=C(NC/C(=C\C=O)CNc1cccc(OCC)c1)N(C)NC(C)c1ccccc1. The van der Waals surface area contributed by atoms with Crippen molar-refractivity contribution >= 4 is 12.0 Å². The van der Waals surface area contributed by atoms with Crippen molar-refractivity contribution in [3.05, 3.63) is 84.2 Å². The lowest BCUT2D eigenvalue weighted by Crippen LogP contribution is -2.40. The molecule has 0 bridgehead atoms. The van der Waals surface area contributed by atoms with Gasteiger partial charge in [0.15, 0.2) is 0 Å². The quantitative estimate of drug-likeness (QED) is 0.266. The molecule has 6 heteroatoms. The van der Waals surface area contributed by atoms with E-state index >= 15 is 0 Å². The second kappa shape index (κ2) is 12.3. The van der Waals surface area contributed by atoms with E-state index in [0.29, 0.717) is 25.5 Å². The van der Waals surface area contributed by atoms with Crippen molar-refractivity contribution in [3.8, 4) is 5.75 Å². The molecule has 1 unspecified atom stereocenters. The van der Waals surface area contributed by atoms with Crippen LogP contribution in [-0.2, 0) is 4.79 Å². The Morgan fingerprint density at radius 2 is 1.93 bits per heavy atom. The maximum absolute atomic E-state index is 11.0. The third kappa shape index (κ3) is 7.64. The van der Waals surface area contributed by atoms with Gasteiger partial charge in [-0.15, -0.1) is 0 Å². The number of nitrogens with zero attached hydrogens (tertiary/aromatic N) is 1. The van der Waals surface area contributed by atoms with Crippen LogP contribution in [0.3, 0.4) is 0 Å². The molecule has 0 heterocycles. The molecular formula is C24H32N4O2. The van der Waals surface area contributed by atoms with E-state index in [4.69, 9.17) is 4.74 Å². The maximum atomic E-state index is 11.0. The van der Waals surface area contributed by atoms with Crippen molar-refractivity contribution in [2.75, 3.05) is 32.1 Å². The minimum Gasteiger partial charge on any atom is -0.494 e. The zero-order chi connectivity index (χ0) is 21.8. The average Bonchev–Trinajstić information content (AvgIpc) is 2.76. The van der Waals surface area contributed by atoms with Crippen LogP contribution in [0.15, 0.2) is 78.6 Å². The predicted molar refractivity (Wildman–Crippen MR) is 123 cm³/mol. The highest BCUT2D eigenvalue weighted by molar-refractivity contribution is 5.66. The molecular weight excluding hydrogens is 376 g/mol. The summed E-state index contributed by atoms with van der Waals surface area (Å²) in [4.78, 5) is 11.0. The van der Waals surface area contributed by atoms with E-state index in [0.717, 1.165) is 23.3 Å². The minimum atomic E-state index is 0.138. The standard InChI is InChI=1S/C24H32N4O2/c1-5-30-24-13-9-12-23(16-24)26-18-21(14-15-29)17-25-20(3)28(4)27-19(2)22-10-7-6-8-11-22/h6-16,19,25-27H,3,5,17-18H2,1-2,4H3/b21-14+. The first-order chi connectivity index (χ1) is 14.5.